The summed E-state index contributed by atoms with van der Waals surface area (Å²) >= 11 is 5.59. The van der Waals surface area contributed by atoms with Crippen molar-refractivity contribution < 1.29 is 22.8 Å². The summed E-state index contributed by atoms with van der Waals surface area (Å²) in [6, 6.07) is -0.200. The first-order chi connectivity index (χ1) is 11.6. The number of Topliss-reactive ketones (excluding diaryl/α,β-unsaturated/α-hetero) is 1. The van der Waals surface area contributed by atoms with Gasteiger partial charge in [-0.1, -0.05) is 0 Å². The molecule has 2 N–H and O–H groups in total. The van der Waals surface area contributed by atoms with E-state index in [4.69, 9.17) is 11.6 Å². The van der Waals surface area contributed by atoms with Gasteiger partial charge >= 0.3 is 12.2 Å². The number of nitrogens with zero attached hydrogens (tertiary/aromatic N) is 3. The molecule has 0 unspecified atom stereocenters. The van der Waals surface area contributed by atoms with Gasteiger partial charge in [-0.2, -0.15) is 13.2 Å². The summed E-state index contributed by atoms with van der Waals surface area (Å²) in [7, 11) is 0. The largest absolute Gasteiger partial charge is 0.418 e. The standard InChI is InChI=1S/C14H11ClF3N5O2/c1-6-10(5-20-12(15)21-6)23-13(25)22-8-3-9(14(16,17)18)11(7(2)24)19-4-8/h3-5H,1-2H3,(H2,22,23,25). The Hall–Kier alpha value is -2.75. The molecule has 0 atom stereocenters. The molecule has 0 bridgehead atoms. The van der Waals surface area contributed by atoms with Crippen LogP contribution in [-0.2, 0) is 6.18 Å². The molecule has 2 rings (SSSR count). The average molecular weight is 374 g/mol. The summed E-state index contributed by atoms with van der Waals surface area (Å²) in [6.45, 7) is 2.54. The first-order valence-electron chi connectivity index (χ1n) is 6.73. The highest BCUT2D eigenvalue weighted by atomic mass is 35.5. The Morgan fingerprint density at radius 1 is 1.16 bits per heavy atom. The van der Waals surface area contributed by atoms with Crippen LogP contribution in [0.3, 0.4) is 0 Å². The number of halogens is 4. The van der Waals surface area contributed by atoms with Crippen LogP contribution in [0.25, 0.3) is 0 Å². The lowest BCUT2D eigenvalue weighted by Crippen LogP contribution is -2.22. The van der Waals surface area contributed by atoms with Crippen molar-refractivity contribution in [2.75, 3.05) is 10.6 Å². The van der Waals surface area contributed by atoms with Crippen LogP contribution in [-0.4, -0.2) is 26.8 Å². The fourth-order valence-electron chi connectivity index (χ4n) is 1.88. The highest BCUT2D eigenvalue weighted by Crippen LogP contribution is 2.33. The zero-order valence-corrected chi connectivity index (χ0v) is 13.7. The van der Waals surface area contributed by atoms with E-state index in [1.165, 1.54) is 6.20 Å². The highest BCUT2D eigenvalue weighted by molar-refractivity contribution is 6.28. The third kappa shape index (κ3) is 4.63. The van der Waals surface area contributed by atoms with Crippen molar-refractivity contribution in [3.05, 3.63) is 40.7 Å². The van der Waals surface area contributed by atoms with Gasteiger partial charge < -0.3 is 10.6 Å². The van der Waals surface area contributed by atoms with Crippen LogP contribution >= 0.6 is 11.6 Å². The topological polar surface area (TPSA) is 96.9 Å². The van der Waals surface area contributed by atoms with Crippen molar-refractivity contribution >= 4 is 34.8 Å². The second kappa shape index (κ2) is 7.01. The van der Waals surface area contributed by atoms with E-state index in [1.54, 1.807) is 6.92 Å². The smallest absolute Gasteiger partial charge is 0.306 e. The maximum absolute atomic E-state index is 13.0. The predicted octanol–water partition coefficient (Wildman–Crippen LogP) is 3.70. The number of aryl methyl sites for hydroxylation is 1. The normalized spacial score (nSPS) is 11.1. The van der Waals surface area contributed by atoms with Crippen LogP contribution in [0.5, 0.6) is 0 Å². The molecule has 2 heterocycles. The van der Waals surface area contributed by atoms with Crippen LogP contribution < -0.4 is 10.6 Å². The second-order valence-electron chi connectivity index (χ2n) is 4.89. The van der Waals surface area contributed by atoms with Crippen LogP contribution in [0.15, 0.2) is 18.5 Å². The van der Waals surface area contributed by atoms with Gasteiger partial charge in [0.1, 0.15) is 5.69 Å². The van der Waals surface area contributed by atoms with Gasteiger partial charge in [-0.3, -0.25) is 9.78 Å². The van der Waals surface area contributed by atoms with Crippen molar-refractivity contribution in [2.45, 2.75) is 20.0 Å². The van der Waals surface area contributed by atoms with E-state index in [0.717, 1.165) is 13.1 Å². The number of anilines is 2. The first-order valence-corrected chi connectivity index (χ1v) is 7.11. The molecular formula is C14H11ClF3N5O2. The Morgan fingerprint density at radius 2 is 1.84 bits per heavy atom. The molecule has 2 amide bonds. The van der Waals surface area contributed by atoms with E-state index < -0.39 is 29.2 Å². The van der Waals surface area contributed by atoms with E-state index >= 15 is 0 Å². The van der Waals surface area contributed by atoms with Crippen molar-refractivity contribution in [3.63, 3.8) is 0 Å². The summed E-state index contributed by atoms with van der Waals surface area (Å²) in [5.41, 5.74) is -1.59. The quantitative estimate of drug-likeness (QED) is 0.631. The molecule has 0 aliphatic rings. The second-order valence-corrected chi connectivity index (χ2v) is 5.23. The number of rotatable bonds is 3. The lowest BCUT2D eigenvalue weighted by atomic mass is 10.1. The molecule has 2 aromatic heterocycles. The minimum absolute atomic E-state index is 0.0118. The van der Waals surface area contributed by atoms with Crippen LogP contribution in [0.1, 0.15) is 28.7 Å². The van der Waals surface area contributed by atoms with Gasteiger partial charge in [-0.25, -0.2) is 14.8 Å². The van der Waals surface area contributed by atoms with E-state index in [0.29, 0.717) is 11.8 Å². The number of alkyl halides is 3. The van der Waals surface area contributed by atoms with Crippen molar-refractivity contribution in [1.29, 1.82) is 0 Å². The van der Waals surface area contributed by atoms with Gasteiger partial charge in [0.05, 0.1) is 35.0 Å². The van der Waals surface area contributed by atoms with E-state index in [9.17, 15) is 22.8 Å². The van der Waals surface area contributed by atoms with E-state index in [-0.39, 0.29) is 16.7 Å². The molecule has 0 aliphatic carbocycles. The molecule has 2 aromatic rings. The average Bonchev–Trinajstić information content (AvgIpc) is 2.49. The molecule has 0 aromatic carbocycles. The zero-order valence-electron chi connectivity index (χ0n) is 12.9. The zero-order chi connectivity index (χ0) is 18.8. The molecule has 25 heavy (non-hydrogen) atoms. The molecule has 0 saturated heterocycles. The molecule has 0 aliphatic heterocycles. The number of hydrogen-bond donors (Lipinski definition) is 2. The summed E-state index contributed by atoms with van der Waals surface area (Å²) in [5.74, 6) is -0.836. The molecule has 0 spiro atoms. The number of urea groups is 1. The molecule has 0 saturated carbocycles. The van der Waals surface area contributed by atoms with Gasteiger partial charge in [-0.05, 0) is 24.6 Å². The molecule has 132 valence electrons. The molecule has 0 radical (unpaired) electrons. The lowest BCUT2D eigenvalue weighted by molar-refractivity contribution is -0.138. The first kappa shape index (κ1) is 18.6. The molecule has 7 nitrogen and oxygen atoms in total. The van der Waals surface area contributed by atoms with Crippen LogP contribution in [0.4, 0.5) is 29.3 Å². The minimum atomic E-state index is -4.79. The SMILES string of the molecule is CC(=O)c1ncc(NC(=O)Nc2cnc(Cl)nc2C)cc1C(F)(F)F. The fourth-order valence-corrected chi connectivity index (χ4v) is 2.05. The van der Waals surface area contributed by atoms with Gasteiger partial charge in [-0.15, -0.1) is 0 Å². The van der Waals surface area contributed by atoms with Crippen LogP contribution in [0.2, 0.25) is 5.28 Å². The van der Waals surface area contributed by atoms with Gasteiger partial charge in [0.25, 0.3) is 0 Å². The predicted molar refractivity (Wildman–Crippen MR) is 83.7 cm³/mol. The molecule has 0 fully saturated rings. The Kier molecular flexibility index (Phi) is 5.21. The highest BCUT2D eigenvalue weighted by Gasteiger charge is 2.35. The van der Waals surface area contributed by atoms with Gasteiger partial charge in [0, 0.05) is 6.92 Å². The monoisotopic (exact) mass is 373 g/mol. The maximum Gasteiger partial charge on any atom is 0.418 e. The summed E-state index contributed by atoms with van der Waals surface area (Å²) < 4.78 is 39.0. The Labute approximate surface area is 144 Å². The number of hydrogen-bond acceptors (Lipinski definition) is 5. The van der Waals surface area contributed by atoms with E-state index in [2.05, 4.69) is 25.6 Å². The Balaban J connectivity index is 2.22. The summed E-state index contributed by atoms with van der Waals surface area (Å²) in [6.07, 6.45) is -2.58. The Bertz CT molecular complexity index is 842. The molecular weight excluding hydrogens is 363 g/mol. The number of aromatic nitrogens is 3. The number of carbonyl (C=O) groups excluding carboxylic acids is 2. The van der Waals surface area contributed by atoms with Crippen molar-refractivity contribution in [2.24, 2.45) is 0 Å². The van der Waals surface area contributed by atoms with Crippen molar-refractivity contribution in [3.8, 4) is 0 Å². The maximum atomic E-state index is 13.0. The fraction of sp³-hybridized carbons (Fsp3) is 0.214. The Morgan fingerprint density at radius 3 is 2.40 bits per heavy atom. The van der Waals surface area contributed by atoms with Gasteiger partial charge in [0.2, 0.25) is 5.28 Å². The lowest BCUT2D eigenvalue weighted by Gasteiger charge is -2.13. The van der Waals surface area contributed by atoms with Gasteiger partial charge in [0.15, 0.2) is 5.78 Å². The van der Waals surface area contributed by atoms with Crippen LogP contribution in [0, 0.1) is 6.92 Å². The number of nitrogens with one attached hydrogen (secondary N) is 2. The third-order valence-corrected chi connectivity index (χ3v) is 3.16. The number of amides is 2. The minimum Gasteiger partial charge on any atom is -0.306 e. The number of ketones is 1. The summed E-state index contributed by atoms with van der Waals surface area (Å²) in [4.78, 5) is 34.2. The number of carbonyl (C=O) groups is 2. The molecule has 11 heteroatoms. The third-order valence-electron chi connectivity index (χ3n) is 2.98. The number of pyridine rings is 1. The van der Waals surface area contributed by atoms with Crippen molar-refractivity contribution in [1.82, 2.24) is 15.0 Å². The van der Waals surface area contributed by atoms with E-state index in [1.807, 2.05) is 0 Å². The summed E-state index contributed by atoms with van der Waals surface area (Å²) in [5, 5.41) is 4.56.